The van der Waals surface area contributed by atoms with Crippen LogP contribution < -0.4 is 4.57 Å². The van der Waals surface area contributed by atoms with Gasteiger partial charge >= 0.3 is 0 Å². The summed E-state index contributed by atoms with van der Waals surface area (Å²) in [6, 6.07) is 18.3. The molecule has 0 spiro atoms. The number of fused-ring (bicyclic) bond motifs is 5. The molecular weight excluding hydrogens is 273 g/mol. The van der Waals surface area contributed by atoms with Gasteiger partial charge in [0.15, 0.2) is 6.04 Å². The molecule has 0 N–H and O–H groups in total. The first-order chi connectivity index (χ1) is 10.6. The van der Waals surface area contributed by atoms with Gasteiger partial charge in [0.25, 0.3) is 0 Å². The zero-order valence-corrected chi connectivity index (χ0v) is 12.9. The lowest BCUT2D eigenvalue weighted by Crippen LogP contribution is -2.40. The minimum absolute atomic E-state index is 0.166. The Morgan fingerprint density at radius 1 is 1.00 bits per heavy atom. The average molecular weight is 292 g/mol. The van der Waals surface area contributed by atoms with E-state index in [0.717, 1.165) is 17.7 Å². The molecule has 4 rings (SSSR count). The smallest absolute Gasteiger partial charge is 0.207 e. The summed E-state index contributed by atoms with van der Waals surface area (Å²) in [5, 5.41) is 1.23. The highest BCUT2D eigenvalue weighted by Gasteiger charge is 2.31. The predicted molar refractivity (Wildman–Crippen MR) is 87.3 cm³/mol. The van der Waals surface area contributed by atoms with Crippen LogP contribution in [-0.4, -0.2) is 0 Å². The maximum Gasteiger partial charge on any atom is 0.213 e. The summed E-state index contributed by atoms with van der Waals surface area (Å²) in [5.41, 5.74) is 4.61. The third-order valence-electron chi connectivity index (χ3n) is 4.83. The number of hydrogen-bond acceptors (Lipinski definition) is 0. The van der Waals surface area contributed by atoms with Crippen molar-refractivity contribution < 1.29 is 8.96 Å². The van der Waals surface area contributed by atoms with Gasteiger partial charge in [-0.15, -0.1) is 0 Å². The Labute approximate surface area is 130 Å². The fraction of sp³-hybridized carbons (Fsp3) is 0.250. The monoisotopic (exact) mass is 292 g/mol. The van der Waals surface area contributed by atoms with Crippen LogP contribution in [0.1, 0.15) is 37.8 Å². The maximum atomic E-state index is 13.9. The van der Waals surface area contributed by atoms with Crippen LogP contribution in [0.25, 0.3) is 22.2 Å². The van der Waals surface area contributed by atoms with Crippen LogP contribution in [0.15, 0.2) is 54.6 Å². The molecule has 0 saturated carbocycles. The number of para-hydroxylation sites is 1. The lowest BCUT2D eigenvalue weighted by atomic mass is 9.91. The number of halogens is 1. The molecule has 2 heterocycles. The van der Waals surface area contributed by atoms with Gasteiger partial charge in [0, 0.05) is 23.9 Å². The molecule has 1 nitrogen and oxygen atoms in total. The van der Waals surface area contributed by atoms with Crippen molar-refractivity contribution in [3.63, 3.8) is 0 Å². The molecule has 110 valence electrons. The van der Waals surface area contributed by atoms with E-state index in [0.29, 0.717) is 12.0 Å². The number of nitrogens with zero attached hydrogens (tertiary/aromatic N) is 1. The van der Waals surface area contributed by atoms with Crippen molar-refractivity contribution in [1.29, 1.82) is 0 Å². The second-order valence-electron chi connectivity index (χ2n) is 6.36. The molecule has 3 aromatic rings. The summed E-state index contributed by atoms with van der Waals surface area (Å²) in [6.45, 7) is 4.50. The van der Waals surface area contributed by atoms with E-state index in [2.05, 4.69) is 54.8 Å². The number of hydrogen-bond donors (Lipinski definition) is 0. The number of benzene rings is 2. The summed E-state index contributed by atoms with van der Waals surface area (Å²) in [6.07, 6.45) is 1.06. The summed E-state index contributed by atoms with van der Waals surface area (Å²) in [5.74, 6) is 0.254. The molecule has 2 atom stereocenters. The fourth-order valence-electron chi connectivity index (χ4n) is 3.85. The van der Waals surface area contributed by atoms with E-state index in [1.54, 1.807) is 12.1 Å². The van der Waals surface area contributed by atoms with Crippen LogP contribution in [0.2, 0.25) is 0 Å². The van der Waals surface area contributed by atoms with Crippen molar-refractivity contribution in [2.75, 3.05) is 0 Å². The molecule has 0 saturated heterocycles. The van der Waals surface area contributed by atoms with Crippen LogP contribution in [-0.2, 0) is 0 Å². The lowest BCUT2D eigenvalue weighted by molar-refractivity contribution is -0.684. The zero-order chi connectivity index (χ0) is 15.3. The van der Waals surface area contributed by atoms with E-state index in [1.165, 1.54) is 16.5 Å². The van der Waals surface area contributed by atoms with Crippen molar-refractivity contribution >= 4 is 10.9 Å². The summed E-state index contributed by atoms with van der Waals surface area (Å²) in [7, 11) is 0. The van der Waals surface area contributed by atoms with Gasteiger partial charge in [-0.2, -0.15) is 4.57 Å². The van der Waals surface area contributed by atoms with Gasteiger partial charge in [0.05, 0.1) is 5.56 Å². The van der Waals surface area contributed by atoms with Crippen molar-refractivity contribution in [2.24, 2.45) is 0 Å². The Morgan fingerprint density at radius 3 is 2.68 bits per heavy atom. The molecule has 2 heteroatoms. The second-order valence-corrected chi connectivity index (χ2v) is 6.36. The van der Waals surface area contributed by atoms with E-state index >= 15 is 0 Å². The molecular formula is C20H19FN+. The van der Waals surface area contributed by atoms with Gasteiger partial charge in [0.2, 0.25) is 11.2 Å². The van der Waals surface area contributed by atoms with E-state index in [9.17, 15) is 4.39 Å². The third kappa shape index (κ3) is 1.94. The van der Waals surface area contributed by atoms with Gasteiger partial charge in [-0.3, -0.25) is 0 Å². The zero-order valence-electron chi connectivity index (χ0n) is 12.9. The molecule has 2 unspecified atom stereocenters. The van der Waals surface area contributed by atoms with Crippen LogP contribution in [0.4, 0.5) is 4.39 Å². The van der Waals surface area contributed by atoms with Crippen molar-refractivity contribution in [2.45, 2.75) is 32.2 Å². The Hall–Kier alpha value is -2.22. The number of pyridine rings is 1. The van der Waals surface area contributed by atoms with Crippen molar-refractivity contribution in [3.8, 4) is 11.3 Å². The fourth-order valence-corrected chi connectivity index (χ4v) is 3.85. The highest BCUT2D eigenvalue weighted by molar-refractivity contribution is 5.78. The molecule has 0 fully saturated rings. The summed E-state index contributed by atoms with van der Waals surface area (Å²) < 4.78 is 16.2. The minimum atomic E-state index is -0.166. The molecule has 1 aliphatic heterocycles. The Bertz CT molecular complexity index is 869. The van der Waals surface area contributed by atoms with E-state index in [4.69, 9.17) is 0 Å². The highest BCUT2D eigenvalue weighted by atomic mass is 19.1. The van der Waals surface area contributed by atoms with Crippen LogP contribution in [0, 0.1) is 5.82 Å². The lowest BCUT2D eigenvalue weighted by Gasteiger charge is -2.12. The second kappa shape index (κ2) is 4.91. The van der Waals surface area contributed by atoms with Gasteiger partial charge in [-0.25, -0.2) is 4.39 Å². The standard InChI is InChI=1S/C20H19FN/c1-13-11-14(2)22-19-6-4-3-5-15(19)7-10-20(22)18-12-16(21)8-9-17(13)18/h3-10,12-14H,11H2,1-2H3/q+1. The summed E-state index contributed by atoms with van der Waals surface area (Å²) >= 11 is 0. The highest BCUT2D eigenvalue weighted by Crippen LogP contribution is 2.36. The van der Waals surface area contributed by atoms with Gasteiger partial charge in [0.1, 0.15) is 5.82 Å². The largest absolute Gasteiger partial charge is 0.213 e. The van der Waals surface area contributed by atoms with Crippen molar-refractivity contribution in [3.05, 3.63) is 66.0 Å². The topological polar surface area (TPSA) is 3.88 Å². The van der Waals surface area contributed by atoms with E-state index in [-0.39, 0.29) is 5.82 Å². The average Bonchev–Trinajstić information content (AvgIpc) is 2.62. The third-order valence-corrected chi connectivity index (χ3v) is 4.83. The number of rotatable bonds is 0. The molecule has 1 aromatic heterocycles. The van der Waals surface area contributed by atoms with Gasteiger partial charge in [-0.05, 0) is 42.7 Å². The first-order valence-electron chi connectivity index (χ1n) is 7.88. The SMILES string of the molecule is CC1CC(C)[n+]2c(ccc3ccccc32)-c2cc(F)ccc21. The molecule has 2 aromatic carbocycles. The molecule has 22 heavy (non-hydrogen) atoms. The van der Waals surface area contributed by atoms with Crippen molar-refractivity contribution in [1.82, 2.24) is 0 Å². The molecule has 0 aliphatic carbocycles. The van der Waals surface area contributed by atoms with Crippen LogP contribution in [0.3, 0.4) is 0 Å². The maximum absolute atomic E-state index is 13.9. The van der Waals surface area contributed by atoms with E-state index in [1.807, 2.05) is 6.07 Å². The normalized spacial score (nSPS) is 20.3. The first kappa shape index (κ1) is 13.4. The molecule has 0 radical (unpaired) electrons. The molecule has 0 bridgehead atoms. The summed E-state index contributed by atoms with van der Waals surface area (Å²) in [4.78, 5) is 0. The van der Waals surface area contributed by atoms with Crippen LogP contribution in [0.5, 0.6) is 0 Å². The Morgan fingerprint density at radius 2 is 1.82 bits per heavy atom. The quantitative estimate of drug-likeness (QED) is 0.513. The molecule has 0 amide bonds. The minimum Gasteiger partial charge on any atom is -0.207 e. The predicted octanol–water partition coefficient (Wildman–Crippen LogP) is 5.00. The Balaban J connectivity index is 2.11. The molecule has 1 aliphatic rings. The van der Waals surface area contributed by atoms with E-state index < -0.39 is 0 Å². The first-order valence-corrected chi connectivity index (χ1v) is 7.88. The Kier molecular flexibility index (Phi) is 3.00. The van der Waals surface area contributed by atoms with Gasteiger partial charge < -0.3 is 0 Å². The van der Waals surface area contributed by atoms with Gasteiger partial charge in [-0.1, -0.05) is 25.1 Å². The van der Waals surface area contributed by atoms with Crippen LogP contribution >= 0.6 is 0 Å². The number of aromatic nitrogens is 1.